The molecule has 2 unspecified atom stereocenters. The molecule has 3 N–H and O–H groups in total. The fourth-order valence-electron chi connectivity index (χ4n) is 1.70. The Morgan fingerprint density at radius 2 is 1.87 bits per heavy atom. The lowest BCUT2D eigenvalue weighted by atomic mass is 10.00. The molecule has 2 heteroatoms. The first kappa shape index (κ1) is 12.2. The van der Waals surface area contributed by atoms with Crippen molar-refractivity contribution in [3.05, 3.63) is 35.9 Å². The van der Waals surface area contributed by atoms with Crippen LogP contribution >= 0.6 is 0 Å². The molecule has 0 bridgehead atoms. The summed E-state index contributed by atoms with van der Waals surface area (Å²) in [4.78, 5) is 0. The summed E-state index contributed by atoms with van der Waals surface area (Å²) in [5.74, 6) is 0. The summed E-state index contributed by atoms with van der Waals surface area (Å²) >= 11 is 0. The lowest BCUT2D eigenvalue weighted by Gasteiger charge is -2.17. The quantitative estimate of drug-likeness (QED) is 0.750. The molecule has 0 aliphatic rings. The molecular formula is C13H21NO. The third-order valence-corrected chi connectivity index (χ3v) is 2.69. The molecule has 1 aromatic rings. The summed E-state index contributed by atoms with van der Waals surface area (Å²) in [5.41, 5.74) is 7.11. The highest BCUT2D eigenvalue weighted by Gasteiger charge is 2.13. The average Bonchev–Trinajstić information content (AvgIpc) is 2.27. The van der Waals surface area contributed by atoms with Gasteiger partial charge in [0.25, 0.3) is 0 Å². The second-order valence-corrected chi connectivity index (χ2v) is 4.04. The van der Waals surface area contributed by atoms with E-state index in [1.54, 1.807) is 0 Å². The minimum absolute atomic E-state index is 0.0706. The summed E-state index contributed by atoms with van der Waals surface area (Å²) in [6.45, 7) is 2.09. The molecule has 0 aliphatic carbocycles. The Morgan fingerprint density at radius 1 is 1.20 bits per heavy atom. The van der Waals surface area contributed by atoms with E-state index in [0.717, 1.165) is 25.7 Å². The van der Waals surface area contributed by atoms with Crippen molar-refractivity contribution in [3.63, 3.8) is 0 Å². The van der Waals surface area contributed by atoms with Gasteiger partial charge in [-0.25, -0.2) is 0 Å². The summed E-state index contributed by atoms with van der Waals surface area (Å²) in [6.07, 6.45) is 3.22. The van der Waals surface area contributed by atoms with Crippen molar-refractivity contribution in [1.29, 1.82) is 0 Å². The first-order valence-corrected chi connectivity index (χ1v) is 5.71. The fourth-order valence-corrected chi connectivity index (χ4v) is 1.70. The van der Waals surface area contributed by atoms with Crippen LogP contribution in [0.1, 0.15) is 31.7 Å². The highest BCUT2D eigenvalue weighted by Crippen LogP contribution is 2.09. The molecule has 0 amide bonds. The maximum absolute atomic E-state index is 9.79. The van der Waals surface area contributed by atoms with Crippen LogP contribution in [-0.2, 0) is 6.42 Å². The van der Waals surface area contributed by atoms with Crippen molar-refractivity contribution < 1.29 is 5.11 Å². The van der Waals surface area contributed by atoms with Gasteiger partial charge in [-0.2, -0.15) is 0 Å². The van der Waals surface area contributed by atoms with E-state index in [-0.39, 0.29) is 12.1 Å². The van der Waals surface area contributed by atoms with Crippen LogP contribution in [-0.4, -0.2) is 17.3 Å². The number of hydrogen-bond acceptors (Lipinski definition) is 2. The molecule has 0 saturated carbocycles. The first-order valence-electron chi connectivity index (χ1n) is 5.71. The van der Waals surface area contributed by atoms with Crippen LogP contribution in [0.4, 0.5) is 0 Å². The molecule has 0 spiro atoms. The molecule has 0 aliphatic heterocycles. The standard InChI is InChI=1S/C13H21NO/c1-2-6-12(14)13(15)10-9-11-7-4-3-5-8-11/h3-5,7-8,12-13,15H,2,6,9-10,14H2,1H3. The molecule has 0 saturated heterocycles. The number of aliphatic hydroxyl groups excluding tert-OH is 1. The molecular weight excluding hydrogens is 186 g/mol. The Morgan fingerprint density at radius 3 is 2.47 bits per heavy atom. The van der Waals surface area contributed by atoms with Crippen molar-refractivity contribution in [2.75, 3.05) is 0 Å². The summed E-state index contributed by atoms with van der Waals surface area (Å²) < 4.78 is 0. The van der Waals surface area contributed by atoms with Crippen LogP contribution in [0.25, 0.3) is 0 Å². The highest BCUT2D eigenvalue weighted by molar-refractivity contribution is 5.14. The van der Waals surface area contributed by atoms with E-state index in [2.05, 4.69) is 19.1 Å². The summed E-state index contributed by atoms with van der Waals surface area (Å²) in [6, 6.07) is 10.1. The largest absolute Gasteiger partial charge is 0.392 e. The van der Waals surface area contributed by atoms with Crippen molar-refractivity contribution in [2.24, 2.45) is 5.73 Å². The SMILES string of the molecule is CCCC(N)C(O)CCc1ccccc1. The van der Waals surface area contributed by atoms with E-state index in [9.17, 15) is 5.11 Å². The summed E-state index contributed by atoms with van der Waals surface area (Å²) in [7, 11) is 0. The van der Waals surface area contributed by atoms with Gasteiger partial charge in [-0.15, -0.1) is 0 Å². The Kier molecular flexibility index (Phi) is 5.37. The summed E-state index contributed by atoms with van der Waals surface area (Å²) in [5, 5.41) is 9.79. The molecule has 84 valence electrons. The maximum Gasteiger partial charge on any atom is 0.0694 e. The fraction of sp³-hybridized carbons (Fsp3) is 0.538. The van der Waals surface area contributed by atoms with Gasteiger partial charge in [-0.3, -0.25) is 0 Å². The van der Waals surface area contributed by atoms with Crippen LogP contribution in [0.2, 0.25) is 0 Å². The monoisotopic (exact) mass is 207 g/mol. The van der Waals surface area contributed by atoms with Gasteiger partial charge < -0.3 is 10.8 Å². The van der Waals surface area contributed by atoms with Gasteiger partial charge in [-0.1, -0.05) is 43.7 Å². The zero-order valence-corrected chi connectivity index (χ0v) is 9.39. The van der Waals surface area contributed by atoms with Gasteiger partial charge in [0.1, 0.15) is 0 Å². The van der Waals surface area contributed by atoms with Crippen LogP contribution < -0.4 is 5.73 Å². The average molecular weight is 207 g/mol. The molecule has 0 heterocycles. The number of aryl methyl sites for hydroxylation is 1. The molecule has 1 rings (SSSR count). The molecule has 0 radical (unpaired) electrons. The van der Waals surface area contributed by atoms with E-state index in [4.69, 9.17) is 5.73 Å². The van der Waals surface area contributed by atoms with E-state index >= 15 is 0 Å². The molecule has 2 atom stereocenters. The van der Waals surface area contributed by atoms with Crippen molar-refractivity contribution in [2.45, 2.75) is 44.8 Å². The number of aliphatic hydroxyl groups is 1. The molecule has 0 aromatic heterocycles. The van der Waals surface area contributed by atoms with Crippen LogP contribution in [0.3, 0.4) is 0 Å². The predicted octanol–water partition coefficient (Wildman–Crippen LogP) is 2.11. The second kappa shape index (κ2) is 6.59. The predicted molar refractivity (Wildman–Crippen MR) is 63.7 cm³/mol. The zero-order valence-electron chi connectivity index (χ0n) is 9.39. The lowest BCUT2D eigenvalue weighted by Crippen LogP contribution is -2.34. The smallest absolute Gasteiger partial charge is 0.0694 e. The second-order valence-electron chi connectivity index (χ2n) is 4.04. The van der Waals surface area contributed by atoms with Crippen molar-refractivity contribution >= 4 is 0 Å². The number of rotatable bonds is 6. The maximum atomic E-state index is 9.79. The van der Waals surface area contributed by atoms with Gasteiger partial charge >= 0.3 is 0 Å². The molecule has 15 heavy (non-hydrogen) atoms. The first-order chi connectivity index (χ1) is 7.24. The van der Waals surface area contributed by atoms with E-state index in [1.807, 2.05) is 18.2 Å². The Hall–Kier alpha value is -0.860. The van der Waals surface area contributed by atoms with Gasteiger partial charge in [-0.05, 0) is 24.8 Å². The van der Waals surface area contributed by atoms with Gasteiger partial charge in [0.05, 0.1) is 6.10 Å². The lowest BCUT2D eigenvalue weighted by molar-refractivity contribution is 0.131. The minimum Gasteiger partial charge on any atom is -0.392 e. The van der Waals surface area contributed by atoms with E-state index in [0.29, 0.717) is 0 Å². The number of hydrogen-bond donors (Lipinski definition) is 2. The Balaban J connectivity index is 2.31. The minimum atomic E-state index is -0.370. The van der Waals surface area contributed by atoms with Gasteiger partial charge in [0.15, 0.2) is 0 Å². The number of nitrogens with two attached hydrogens (primary N) is 1. The third kappa shape index (κ3) is 4.45. The molecule has 1 aromatic carbocycles. The van der Waals surface area contributed by atoms with Crippen molar-refractivity contribution in [1.82, 2.24) is 0 Å². The highest BCUT2D eigenvalue weighted by atomic mass is 16.3. The van der Waals surface area contributed by atoms with Crippen LogP contribution in [0.5, 0.6) is 0 Å². The zero-order chi connectivity index (χ0) is 11.1. The van der Waals surface area contributed by atoms with Crippen molar-refractivity contribution in [3.8, 4) is 0 Å². The van der Waals surface area contributed by atoms with E-state index in [1.165, 1.54) is 5.56 Å². The molecule has 2 nitrogen and oxygen atoms in total. The van der Waals surface area contributed by atoms with Gasteiger partial charge in [0.2, 0.25) is 0 Å². The van der Waals surface area contributed by atoms with Gasteiger partial charge in [0, 0.05) is 6.04 Å². The Bertz CT molecular complexity index is 260. The van der Waals surface area contributed by atoms with Crippen LogP contribution in [0, 0.1) is 0 Å². The number of benzene rings is 1. The topological polar surface area (TPSA) is 46.2 Å². The third-order valence-electron chi connectivity index (χ3n) is 2.69. The molecule has 0 fully saturated rings. The van der Waals surface area contributed by atoms with Crippen LogP contribution in [0.15, 0.2) is 30.3 Å². The normalized spacial score (nSPS) is 14.9. The van der Waals surface area contributed by atoms with E-state index < -0.39 is 0 Å². The Labute approximate surface area is 92.1 Å².